The normalized spacial score (nSPS) is 11.0. The first-order valence-corrected chi connectivity index (χ1v) is 5.43. The van der Waals surface area contributed by atoms with Gasteiger partial charge in [0.1, 0.15) is 0 Å². The highest BCUT2D eigenvalue weighted by molar-refractivity contribution is 5.75. The number of hydrogen-bond acceptors (Lipinski definition) is 2. The minimum absolute atomic E-state index is 0.442. The summed E-state index contributed by atoms with van der Waals surface area (Å²) in [5.41, 5.74) is 1.98. The number of halogens is 2. The van der Waals surface area contributed by atoms with Crippen LogP contribution in [0.4, 0.5) is 8.78 Å². The topological polar surface area (TPSA) is 30.7 Å². The number of nitrogens with zero attached hydrogens (tertiary/aromatic N) is 3. The number of benzene rings is 1. The first-order valence-electron chi connectivity index (χ1n) is 5.43. The molecule has 0 saturated carbocycles. The van der Waals surface area contributed by atoms with Gasteiger partial charge in [-0.15, -0.1) is 0 Å². The SMILES string of the molecule is Fc1cc2ncn(Cc3cccnc3)c2cc1F. The van der Waals surface area contributed by atoms with E-state index in [2.05, 4.69) is 9.97 Å². The summed E-state index contributed by atoms with van der Waals surface area (Å²) in [6.07, 6.45) is 4.98. The van der Waals surface area contributed by atoms with Crippen molar-refractivity contribution in [2.75, 3.05) is 0 Å². The zero-order valence-corrected chi connectivity index (χ0v) is 9.35. The molecule has 0 N–H and O–H groups in total. The smallest absolute Gasteiger partial charge is 0.161 e. The van der Waals surface area contributed by atoms with Gasteiger partial charge in [0.2, 0.25) is 0 Å². The molecule has 0 spiro atoms. The first-order chi connectivity index (χ1) is 8.74. The number of rotatable bonds is 2. The average Bonchev–Trinajstić information content (AvgIpc) is 2.74. The molecule has 90 valence electrons. The van der Waals surface area contributed by atoms with Crippen molar-refractivity contribution in [2.24, 2.45) is 0 Å². The minimum atomic E-state index is -0.880. The lowest BCUT2D eigenvalue weighted by Crippen LogP contribution is -1.98. The van der Waals surface area contributed by atoms with E-state index >= 15 is 0 Å². The van der Waals surface area contributed by atoms with Gasteiger partial charge < -0.3 is 4.57 Å². The Balaban J connectivity index is 2.05. The summed E-state index contributed by atoms with van der Waals surface area (Å²) >= 11 is 0. The van der Waals surface area contributed by atoms with E-state index < -0.39 is 11.6 Å². The maximum Gasteiger partial charge on any atom is 0.161 e. The highest BCUT2D eigenvalue weighted by atomic mass is 19.2. The molecule has 18 heavy (non-hydrogen) atoms. The van der Waals surface area contributed by atoms with Crippen LogP contribution in [0.15, 0.2) is 43.0 Å². The van der Waals surface area contributed by atoms with E-state index in [-0.39, 0.29) is 0 Å². The summed E-state index contributed by atoms with van der Waals surface area (Å²) < 4.78 is 28.0. The molecule has 1 aromatic carbocycles. The van der Waals surface area contributed by atoms with Crippen molar-refractivity contribution in [3.63, 3.8) is 0 Å². The molecule has 0 aliphatic rings. The number of fused-ring (bicyclic) bond motifs is 1. The zero-order chi connectivity index (χ0) is 12.5. The lowest BCUT2D eigenvalue weighted by molar-refractivity contribution is 0.510. The molecule has 0 atom stereocenters. The minimum Gasteiger partial charge on any atom is -0.326 e. The largest absolute Gasteiger partial charge is 0.326 e. The molecule has 0 radical (unpaired) electrons. The fraction of sp³-hybridized carbons (Fsp3) is 0.0769. The second-order valence-corrected chi connectivity index (χ2v) is 3.99. The van der Waals surface area contributed by atoms with Gasteiger partial charge in [-0.3, -0.25) is 4.98 Å². The number of pyridine rings is 1. The molecule has 0 amide bonds. The molecule has 3 nitrogen and oxygen atoms in total. The molecule has 0 unspecified atom stereocenters. The van der Waals surface area contributed by atoms with Gasteiger partial charge in [-0.25, -0.2) is 13.8 Å². The van der Waals surface area contributed by atoms with Gasteiger partial charge in [-0.1, -0.05) is 6.07 Å². The third-order valence-corrected chi connectivity index (χ3v) is 2.74. The molecular formula is C13H9F2N3. The molecule has 5 heteroatoms. The molecule has 2 heterocycles. The third-order valence-electron chi connectivity index (χ3n) is 2.74. The molecule has 3 aromatic rings. The summed E-state index contributed by atoms with van der Waals surface area (Å²) in [6.45, 7) is 0.523. The van der Waals surface area contributed by atoms with E-state index in [9.17, 15) is 8.78 Å². The van der Waals surface area contributed by atoms with Gasteiger partial charge in [0.15, 0.2) is 11.6 Å². The highest BCUT2D eigenvalue weighted by Crippen LogP contribution is 2.18. The van der Waals surface area contributed by atoms with Crippen LogP contribution in [0.3, 0.4) is 0 Å². The quantitative estimate of drug-likeness (QED) is 0.695. The molecule has 0 bridgehead atoms. The summed E-state index contributed by atoms with van der Waals surface area (Å²) in [5.74, 6) is -1.75. The van der Waals surface area contributed by atoms with Crippen LogP contribution in [0, 0.1) is 11.6 Å². The zero-order valence-electron chi connectivity index (χ0n) is 9.35. The second-order valence-electron chi connectivity index (χ2n) is 3.99. The van der Waals surface area contributed by atoms with E-state index in [1.165, 1.54) is 0 Å². The van der Waals surface area contributed by atoms with Crippen LogP contribution in [0.25, 0.3) is 11.0 Å². The van der Waals surface area contributed by atoms with Gasteiger partial charge in [0.05, 0.1) is 23.9 Å². The van der Waals surface area contributed by atoms with Crippen LogP contribution in [0.1, 0.15) is 5.56 Å². The van der Waals surface area contributed by atoms with Gasteiger partial charge in [0.25, 0.3) is 0 Å². The third kappa shape index (κ3) is 1.84. The van der Waals surface area contributed by atoms with Crippen molar-refractivity contribution in [1.82, 2.24) is 14.5 Å². The Morgan fingerprint density at radius 3 is 2.78 bits per heavy atom. The first kappa shape index (κ1) is 10.8. The molecular weight excluding hydrogens is 236 g/mol. The van der Waals surface area contributed by atoms with Crippen molar-refractivity contribution in [2.45, 2.75) is 6.54 Å². The number of hydrogen-bond donors (Lipinski definition) is 0. The van der Waals surface area contributed by atoms with Crippen LogP contribution in [0.5, 0.6) is 0 Å². The molecule has 0 aliphatic carbocycles. The lowest BCUT2D eigenvalue weighted by Gasteiger charge is -2.04. The highest BCUT2D eigenvalue weighted by Gasteiger charge is 2.09. The molecule has 0 saturated heterocycles. The van der Waals surface area contributed by atoms with Crippen LogP contribution in [-0.4, -0.2) is 14.5 Å². The van der Waals surface area contributed by atoms with E-state index in [0.717, 1.165) is 17.7 Å². The number of imidazole rings is 1. The summed E-state index contributed by atoms with van der Waals surface area (Å²) in [6, 6.07) is 6.01. The Hall–Kier alpha value is -2.30. The summed E-state index contributed by atoms with van der Waals surface area (Å²) in [7, 11) is 0. The maximum atomic E-state index is 13.2. The van der Waals surface area contributed by atoms with Crippen LogP contribution >= 0.6 is 0 Å². The Labute approximate surface area is 102 Å². The fourth-order valence-electron chi connectivity index (χ4n) is 1.87. The average molecular weight is 245 g/mol. The Morgan fingerprint density at radius 1 is 1.17 bits per heavy atom. The van der Waals surface area contributed by atoms with E-state index in [1.807, 2.05) is 12.1 Å². The van der Waals surface area contributed by atoms with Crippen LogP contribution < -0.4 is 0 Å². The summed E-state index contributed by atoms with van der Waals surface area (Å²) in [5, 5.41) is 0. The summed E-state index contributed by atoms with van der Waals surface area (Å²) in [4.78, 5) is 8.06. The standard InChI is InChI=1S/C13H9F2N3/c14-10-4-12-13(5-11(10)15)18(8-17-12)7-9-2-1-3-16-6-9/h1-6,8H,7H2. The Bertz CT molecular complexity index is 692. The Kier molecular flexibility index (Phi) is 2.51. The van der Waals surface area contributed by atoms with Gasteiger partial charge in [0, 0.05) is 24.5 Å². The predicted molar refractivity (Wildman–Crippen MR) is 63.0 cm³/mol. The van der Waals surface area contributed by atoms with Crippen molar-refractivity contribution in [3.8, 4) is 0 Å². The maximum absolute atomic E-state index is 13.2. The molecule has 0 aliphatic heterocycles. The van der Waals surface area contributed by atoms with E-state index in [0.29, 0.717) is 17.6 Å². The Morgan fingerprint density at radius 2 is 2.00 bits per heavy atom. The van der Waals surface area contributed by atoms with Gasteiger partial charge in [-0.05, 0) is 11.6 Å². The van der Waals surface area contributed by atoms with Gasteiger partial charge in [-0.2, -0.15) is 0 Å². The van der Waals surface area contributed by atoms with Crippen LogP contribution in [-0.2, 0) is 6.54 Å². The predicted octanol–water partition coefficient (Wildman–Crippen LogP) is 2.76. The monoisotopic (exact) mass is 245 g/mol. The molecule has 3 rings (SSSR count). The fourth-order valence-corrected chi connectivity index (χ4v) is 1.87. The molecule has 2 aromatic heterocycles. The van der Waals surface area contributed by atoms with E-state index in [4.69, 9.17) is 0 Å². The van der Waals surface area contributed by atoms with Crippen molar-refractivity contribution in [3.05, 3.63) is 60.2 Å². The lowest BCUT2D eigenvalue weighted by atomic mass is 10.2. The number of aromatic nitrogens is 3. The van der Waals surface area contributed by atoms with E-state index in [1.54, 1.807) is 23.3 Å². The second kappa shape index (κ2) is 4.18. The van der Waals surface area contributed by atoms with Crippen molar-refractivity contribution >= 4 is 11.0 Å². The van der Waals surface area contributed by atoms with Crippen molar-refractivity contribution in [1.29, 1.82) is 0 Å². The van der Waals surface area contributed by atoms with Crippen molar-refractivity contribution < 1.29 is 8.78 Å². The molecule has 0 fully saturated rings. The van der Waals surface area contributed by atoms with Crippen LogP contribution in [0.2, 0.25) is 0 Å². The van der Waals surface area contributed by atoms with Gasteiger partial charge >= 0.3 is 0 Å².